The molecule has 1 aliphatic heterocycles. The average Bonchev–Trinajstić information content (AvgIpc) is 3.06. The molecule has 1 atom stereocenters. The summed E-state index contributed by atoms with van der Waals surface area (Å²) in [6, 6.07) is 8.11. The van der Waals surface area contributed by atoms with Gasteiger partial charge in [0, 0.05) is 24.7 Å². The summed E-state index contributed by atoms with van der Waals surface area (Å²) in [4.78, 5) is 40.4. The Kier molecular flexibility index (Phi) is 7.36. The summed E-state index contributed by atoms with van der Waals surface area (Å²) in [5.74, 6) is -2.48. The van der Waals surface area contributed by atoms with E-state index in [0.717, 1.165) is 30.8 Å². The molecule has 2 N–H and O–H groups in total. The number of benzene rings is 2. The molecule has 0 radical (unpaired) electrons. The number of nitro groups is 1. The van der Waals surface area contributed by atoms with Crippen molar-refractivity contribution in [3.63, 3.8) is 0 Å². The standard InChI is InChI=1S/C25H29N3O6/c1-5-26(6-2)11-12-27-22(17-9-10-20(29)19(14-17)28(33)34)21(24(31)25(27)32)23(30)18-13-15(3)7-8-16(18)4/h7-10,13-14,22,29-30H,5-6,11-12H2,1-4H3/b23-21+. The lowest BCUT2D eigenvalue weighted by Crippen LogP contribution is -2.38. The van der Waals surface area contributed by atoms with Gasteiger partial charge in [-0.2, -0.15) is 0 Å². The second-order valence-electron chi connectivity index (χ2n) is 8.34. The lowest BCUT2D eigenvalue weighted by Gasteiger charge is -2.28. The van der Waals surface area contributed by atoms with E-state index < -0.39 is 34.1 Å². The molecule has 1 heterocycles. The number of likely N-dealkylation sites (tertiary alicyclic amines) is 1. The Morgan fingerprint density at radius 3 is 2.41 bits per heavy atom. The number of Topliss-reactive ketones (excluding diaryl/α,β-unsaturated/α-hetero) is 1. The van der Waals surface area contributed by atoms with E-state index in [-0.39, 0.29) is 23.4 Å². The number of aliphatic hydroxyl groups excluding tert-OH is 1. The lowest BCUT2D eigenvalue weighted by atomic mass is 9.93. The van der Waals surface area contributed by atoms with Gasteiger partial charge in [-0.15, -0.1) is 0 Å². The van der Waals surface area contributed by atoms with Crippen molar-refractivity contribution in [2.75, 3.05) is 26.2 Å². The van der Waals surface area contributed by atoms with E-state index in [1.807, 2.05) is 26.8 Å². The van der Waals surface area contributed by atoms with E-state index >= 15 is 0 Å². The van der Waals surface area contributed by atoms with Crippen LogP contribution in [0.15, 0.2) is 42.0 Å². The van der Waals surface area contributed by atoms with Gasteiger partial charge in [0.25, 0.3) is 11.7 Å². The third-order valence-corrected chi connectivity index (χ3v) is 6.25. The van der Waals surface area contributed by atoms with Crippen molar-refractivity contribution in [2.45, 2.75) is 33.7 Å². The molecule has 1 aliphatic rings. The summed E-state index contributed by atoms with van der Waals surface area (Å²) < 4.78 is 0. The van der Waals surface area contributed by atoms with Crippen LogP contribution in [0.2, 0.25) is 0 Å². The summed E-state index contributed by atoms with van der Waals surface area (Å²) in [5, 5.41) is 32.6. The Morgan fingerprint density at radius 1 is 1.12 bits per heavy atom. The van der Waals surface area contributed by atoms with Crippen molar-refractivity contribution < 1.29 is 24.7 Å². The van der Waals surface area contributed by atoms with Gasteiger partial charge in [-0.1, -0.05) is 37.6 Å². The molecule has 0 bridgehead atoms. The topological polar surface area (TPSA) is 124 Å². The zero-order valence-corrected chi connectivity index (χ0v) is 19.7. The number of aliphatic hydroxyl groups is 1. The van der Waals surface area contributed by atoms with Crippen LogP contribution in [-0.4, -0.2) is 62.8 Å². The van der Waals surface area contributed by atoms with Crippen molar-refractivity contribution in [1.82, 2.24) is 9.80 Å². The molecule has 1 unspecified atom stereocenters. The zero-order chi connectivity index (χ0) is 25.2. The van der Waals surface area contributed by atoms with E-state index in [0.29, 0.717) is 17.7 Å². The van der Waals surface area contributed by atoms with E-state index in [4.69, 9.17) is 0 Å². The minimum Gasteiger partial charge on any atom is -0.507 e. The molecule has 1 fully saturated rings. The first kappa shape index (κ1) is 24.9. The molecule has 2 aromatic carbocycles. The number of aryl methyl sites for hydroxylation is 2. The Balaban J connectivity index is 2.22. The van der Waals surface area contributed by atoms with Crippen LogP contribution in [0.5, 0.6) is 5.75 Å². The number of likely N-dealkylation sites (N-methyl/N-ethyl adjacent to an activating group) is 1. The summed E-state index contributed by atoms with van der Waals surface area (Å²) in [6.45, 7) is 9.77. The first-order valence-corrected chi connectivity index (χ1v) is 11.2. The Hall–Kier alpha value is -3.72. The van der Waals surface area contributed by atoms with Gasteiger partial charge in [0.1, 0.15) is 5.76 Å². The van der Waals surface area contributed by atoms with Gasteiger partial charge >= 0.3 is 5.69 Å². The highest BCUT2D eigenvalue weighted by Crippen LogP contribution is 2.42. The van der Waals surface area contributed by atoms with Gasteiger partial charge in [-0.05, 0) is 50.2 Å². The minimum absolute atomic E-state index is 0.127. The maximum Gasteiger partial charge on any atom is 0.311 e. The molecule has 34 heavy (non-hydrogen) atoms. The predicted molar refractivity (Wildman–Crippen MR) is 127 cm³/mol. The highest BCUT2D eigenvalue weighted by Gasteiger charge is 2.46. The molecular formula is C25H29N3O6. The number of nitro benzene ring substituents is 1. The van der Waals surface area contributed by atoms with Gasteiger partial charge in [-0.25, -0.2) is 0 Å². The van der Waals surface area contributed by atoms with Gasteiger partial charge in [0.05, 0.1) is 16.5 Å². The van der Waals surface area contributed by atoms with E-state index in [2.05, 4.69) is 4.90 Å². The fraction of sp³-hybridized carbons (Fsp3) is 0.360. The molecule has 2 aromatic rings. The van der Waals surface area contributed by atoms with Crippen LogP contribution in [0.25, 0.3) is 5.76 Å². The summed E-state index contributed by atoms with van der Waals surface area (Å²) in [7, 11) is 0. The van der Waals surface area contributed by atoms with E-state index in [1.54, 1.807) is 19.1 Å². The molecule has 9 heteroatoms. The predicted octanol–water partition coefficient (Wildman–Crippen LogP) is 3.68. The number of rotatable bonds is 8. The fourth-order valence-corrected chi connectivity index (χ4v) is 4.24. The molecular weight excluding hydrogens is 438 g/mol. The second kappa shape index (κ2) is 10.0. The SMILES string of the molecule is CCN(CC)CCN1C(=O)C(=O)/C(=C(/O)c2cc(C)ccc2C)C1c1ccc(O)c([N+](=O)[O-])c1. The Labute approximate surface area is 198 Å². The van der Waals surface area contributed by atoms with Crippen molar-refractivity contribution >= 4 is 23.1 Å². The third-order valence-electron chi connectivity index (χ3n) is 6.25. The van der Waals surface area contributed by atoms with E-state index in [9.17, 15) is 29.9 Å². The number of carbonyl (C=O) groups excluding carboxylic acids is 2. The van der Waals surface area contributed by atoms with Crippen LogP contribution in [0.3, 0.4) is 0 Å². The van der Waals surface area contributed by atoms with Crippen molar-refractivity contribution in [1.29, 1.82) is 0 Å². The lowest BCUT2D eigenvalue weighted by molar-refractivity contribution is -0.385. The Morgan fingerprint density at radius 2 is 1.79 bits per heavy atom. The number of aromatic hydroxyl groups is 1. The number of carbonyl (C=O) groups is 2. The van der Waals surface area contributed by atoms with Crippen LogP contribution < -0.4 is 0 Å². The number of phenolic OH excluding ortho intramolecular Hbond substituents is 1. The number of ketones is 1. The maximum absolute atomic E-state index is 13.2. The highest BCUT2D eigenvalue weighted by molar-refractivity contribution is 6.46. The molecule has 0 spiro atoms. The monoisotopic (exact) mass is 467 g/mol. The molecule has 0 aromatic heterocycles. The van der Waals surface area contributed by atoms with Crippen LogP contribution in [0.1, 0.15) is 42.1 Å². The number of nitrogens with zero attached hydrogens (tertiary/aromatic N) is 3. The quantitative estimate of drug-likeness (QED) is 0.199. The van der Waals surface area contributed by atoms with Crippen LogP contribution >= 0.6 is 0 Å². The highest BCUT2D eigenvalue weighted by atomic mass is 16.6. The largest absolute Gasteiger partial charge is 0.507 e. The van der Waals surface area contributed by atoms with Gasteiger partial charge in [-0.3, -0.25) is 19.7 Å². The number of amides is 1. The molecule has 0 aliphatic carbocycles. The maximum atomic E-state index is 13.2. The summed E-state index contributed by atoms with van der Waals surface area (Å²) in [5.41, 5.74) is 1.58. The van der Waals surface area contributed by atoms with Gasteiger partial charge in [0.15, 0.2) is 5.75 Å². The number of hydrogen-bond acceptors (Lipinski definition) is 7. The zero-order valence-electron chi connectivity index (χ0n) is 19.7. The van der Waals surface area contributed by atoms with Crippen molar-refractivity contribution in [3.8, 4) is 5.75 Å². The van der Waals surface area contributed by atoms with E-state index in [1.165, 1.54) is 11.0 Å². The first-order valence-electron chi connectivity index (χ1n) is 11.2. The van der Waals surface area contributed by atoms with Gasteiger partial charge < -0.3 is 20.0 Å². The average molecular weight is 468 g/mol. The minimum atomic E-state index is -1.03. The summed E-state index contributed by atoms with van der Waals surface area (Å²) in [6.07, 6.45) is 0. The van der Waals surface area contributed by atoms with Crippen LogP contribution in [-0.2, 0) is 9.59 Å². The molecule has 9 nitrogen and oxygen atoms in total. The number of hydrogen-bond donors (Lipinski definition) is 2. The Bertz CT molecular complexity index is 1170. The van der Waals surface area contributed by atoms with Crippen LogP contribution in [0.4, 0.5) is 5.69 Å². The normalized spacial score (nSPS) is 17.6. The first-order chi connectivity index (χ1) is 16.1. The van der Waals surface area contributed by atoms with Crippen molar-refractivity contribution in [2.24, 2.45) is 0 Å². The van der Waals surface area contributed by atoms with Crippen molar-refractivity contribution in [3.05, 3.63) is 74.3 Å². The van der Waals surface area contributed by atoms with Gasteiger partial charge in [0.2, 0.25) is 0 Å². The smallest absolute Gasteiger partial charge is 0.311 e. The fourth-order valence-electron chi connectivity index (χ4n) is 4.24. The molecule has 180 valence electrons. The molecule has 1 amide bonds. The molecule has 1 saturated heterocycles. The summed E-state index contributed by atoms with van der Waals surface area (Å²) >= 11 is 0. The van der Waals surface area contributed by atoms with Crippen LogP contribution in [0, 0.1) is 24.0 Å². The number of phenols is 1. The second-order valence-corrected chi connectivity index (χ2v) is 8.34. The third kappa shape index (κ3) is 4.65. The molecule has 0 saturated carbocycles. The molecule has 3 rings (SSSR count).